The standard InChI is InChI=1S/C15H23NO/c1-5-13(4)11-17-15-9-7-6-8-14(15)10-16-12(2)3/h6-9,12,16H,4-5,10-11H2,1-3H3. The SMILES string of the molecule is C=C(CC)COc1ccccc1CNC(C)C. The molecule has 1 rings (SSSR count). The van der Waals surface area contributed by atoms with Crippen LogP contribution in [0.2, 0.25) is 0 Å². The highest BCUT2D eigenvalue weighted by atomic mass is 16.5. The largest absolute Gasteiger partial charge is 0.489 e. The van der Waals surface area contributed by atoms with Crippen LogP contribution < -0.4 is 10.1 Å². The van der Waals surface area contributed by atoms with E-state index in [0.717, 1.165) is 24.3 Å². The van der Waals surface area contributed by atoms with E-state index in [-0.39, 0.29) is 0 Å². The van der Waals surface area contributed by atoms with E-state index in [1.54, 1.807) is 0 Å². The fourth-order valence-corrected chi connectivity index (χ4v) is 1.39. The van der Waals surface area contributed by atoms with Crippen LogP contribution in [-0.4, -0.2) is 12.6 Å². The molecule has 1 aromatic rings. The number of hydrogen-bond acceptors (Lipinski definition) is 2. The first kappa shape index (κ1) is 13.8. The summed E-state index contributed by atoms with van der Waals surface area (Å²) in [4.78, 5) is 0. The Morgan fingerprint density at radius 1 is 1.35 bits per heavy atom. The Kier molecular flexibility index (Phi) is 5.78. The van der Waals surface area contributed by atoms with Gasteiger partial charge < -0.3 is 10.1 Å². The van der Waals surface area contributed by atoms with Crippen molar-refractivity contribution in [3.63, 3.8) is 0 Å². The lowest BCUT2D eigenvalue weighted by Gasteiger charge is -2.14. The van der Waals surface area contributed by atoms with Crippen molar-refractivity contribution in [1.29, 1.82) is 0 Å². The molecule has 2 nitrogen and oxygen atoms in total. The van der Waals surface area contributed by atoms with Gasteiger partial charge in [-0.3, -0.25) is 0 Å². The van der Waals surface area contributed by atoms with E-state index in [0.29, 0.717) is 12.6 Å². The zero-order chi connectivity index (χ0) is 12.7. The van der Waals surface area contributed by atoms with Crippen LogP contribution in [0.15, 0.2) is 36.4 Å². The van der Waals surface area contributed by atoms with Gasteiger partial charge in [0.2, 0.25) is 0 Å². The third-order valence-corrected chi connectivity index (χ3v) is 2.61. The summed E-state index contributed by atoms with van der Waals surface area (Å²) in [6.45, 7) is 11.8. The van der Waals surface area contributed by atoms with Gasteiger partial charge in [-0.2, -0.15) is 0 Å². The van der Waals surface area contributed by atoms with E-state index in [1.807, 2.05) is 18.2 Å². The molecule has 0 spiro atoms. The maximum Gasteiger partial charge on any atom is 0.124 e. The first-order valence-electron chi connectivity index (χ1n) is 6.24. The van der Waals surface area contributed by atoms with E-state index >= 15 is 0 Å². The zero-order valence-electron chi connectivity index (χ0n) is 11.1. The average Bonchev–Trinajstić information content (AvgIpc) is 2.34. The number of nitrogens with one attached hydrogen (secondary N) is 1. The summed E-state index contributed by atoms with van der Waals surface area (Å²) in [6.07, 6.45) is 0.965. The van der Waals surface area contributed by atoms with Gasteiger partial charge in [0.15, 0.2) is 0 Å². The van der Waals surface area contributed by atoms with Crippen LogP contribution in [0.5, 0.6) is 5.75 Å². The average molecular weight is 233 g/mol. The van der Waals surface area contributed by atoms with Crippen molar-refractivity contribution >= 4 is 0 Å². The highest BCUT2D eigenvalue weighted by Gasteiger charge is 2.03. The van der Waals surface area contributed by atoms with Crippen LogP contribution in [-0.2, 0) is 6.54 Å². The van der Waals surface area contributed by atoms with Gasteiger partial charge >= 0.3 is 0 Å². The number of para-hydroxylation sites is 1. The van der Waals surface area contributed by atoms with Crippen LogP contribution in [0.4, 0.5) is 0 Å². The van der Waals surface area contributed by atoms with E-state index < -0.39 is 0 Å². The Bertz CT molecular complexity index is 358. The summed E-state index contributed by atoms with van der Waals surface area (Å²) in [5.74, 6) is 0.954. The fourth-order valence-electron chi connectivity index (χ4n) is 1.39. The fraction of sp³-hybridized carbons (Fsp3) is 0.467. The summed E-state index contributed by atoms with van der Waals surface area (Å²) in [7, 11) is 0. The maximum atomic E-state index is 5.78. The summed E-state index contributed by atoms with van der Waals surface area (Å²) in [5.41, 5.74) is 2.32. The second-order valence-electron chi connectivity index (χ2n) is 4.54. The molecule has 94 valence electrons. The molecule has 1 N–H and O–H groups in total. The molecule has 0 atom stereocenters. The molecule has 0 fully saturated rings. The first-order chi connectivity index (χ1) is 8.13. The molecule has 0 radical (unpaired) electrons. The van der Waals surface area contributed by atoms with Gasteiger partial charge in [-0.05, 0) is 18.1 Å². The van der Waals surface area contributed by atoms with Crippen molar-refractivity contribution < 1.29 is 4.74 Å². The molecule has 0 aliphatic rings. The minimum atomic E-state index is 0.480. The smallest absolute Gasteiger partial charge is 0.124 e. The number of ether oxygens (including phenoxy) is 1. The summed E-state index contributed by atoms with van der Waals surface area (Å²) >= 11 is 0. The van der Waals surface area contributed by atoms with Gasteiger partial charge in [-0.25, -0.2) is 0 Å². The molecule has 0 aromatic heterocycles. The minimum absolute atomic E-state index is 0.480. The highest BCUT2D eigenvalue weighted by Crippen LogP contribution is 2.18. The second-order valence-corrected chi connectivity index (χ2v) is 4.54. The summed E-state index contributed by atoms with van der Waals surface area (Å²) in [5, 5.41) is 3.40. The van der Waals surface area contributed by atoms with Gasteiger partial charge in [0, 0.05) is 18.2 Å². The summed E-state index contributed by atoms with van der Waals surface area (Å²) in [6, 6.07) is 8.63. The molecular weight excluding hydrogens is 210 g/mol. The Balaban J connectivity index is 2.60. The van der Waals surface area contributed by atoms with Crippen molar-refractivity contribution in [3.05, 3.63) is 42.0 Å². The Morgan fingerprint density at radius 3 is 2.71 bits per heavy atom. The number of hydrogen-bond donors (Lipinski definition) is 1. The van der Waals surface area contributed by atoms with Gasteiger partial charge in [-0.1, -0.05) is 45.5 Å². The molecule has 0 saturated carbocycles. The Hall–Kier alpha value is -1.28. The van der Waals surface area contributed by atoms with Crippen molar-refractivity contribution in [1.82, 2.24) is 5.32 Å². The molecule has 1 aromatic carbocycles. The molecule has 0 heterocycles. The zero-order valence-corrected chi connectivity index (χ0v) is 11.1. The van der Waals surface area contributed by atoms with Crippen LogP contribution in [0, 0.1) is 0 Å². The van der Waals surface area contributed by atoms with Gasteiger partial charge in [0.25, 0.3) is 0 Å². The maximum absolute atomic E-state index is 5.78. The second kappa shape index (κ2) is 7.13. The third kappa shape index (κ3) is 5.05. The van der Waals surface area contributed by atoms with Gasteiger partial charge in [0.1, 0.15) is 12.4 Å². The lowest BCUT2D eigenvalue weighted by atomic mass is 10.2. The lowest BCUT2D eigenvalue weighted by Crippen LogP contribution is -2.22. The van der Waals surface area contributed by atoms with Crippen molar-refractivity contribution in [2.45, 2.75) is 39.8 Å². The molecule has 0 amide bonds. The van der Waals surface area contributed by atoms with E-state index in [1.165, 1.54) is 5.56 Å². The molecule has 17 heavy (non-hydrogen) atoms. The van der Waals surface area contributed by atoms with Crippen molar-refractivity contribution in [2.24, 2.45) is 0 Å². The van der Waals surface area contributed by atoms with Crippen molar-refractivity contribution in [2.75, 3.05) is 6.61 Å². The lowest BCUT2D eigenvalue weighted by molar-refractivity contribution is 0.343. The third-order valence-electron chi connectivity index (χ3n) is 2.61. The first-order valence-corrected chi connectivity index (χ1v) is 6.24. The number of rotatable bonds is 7. The van der Waals surface area contributed by atoms with Crippen LogP contribution >= 0.6 is 0 Å². The molecule has 0 saturated heterocycles. The molecule has 2 heteroatoms. The normalized spacial score (nSPS) is 10.6. The highest BCUT2D eigenvalue weighted by molar-refractivity contribution is 5.33. The van der Waals surface area contributed by atoms with Crippen LogP contribution in [0.3, 0.4) is 0 Å². The number of benzene rings is 1. The van der Waals surface area contributed by atoms with Gasteiger partial charge in [-0.15, -0.1) is 0 Å². The monoisotopic (exact) mass is 233 g/mol. The molecule has 0 unspecified atom stereocenters. The predicted octanol–water partition coefficient (Wildman–Crippen LogP) is 3.53. The predicted molar refractivity (Wildman–Crippen MR) is 73.3 cm³/mol. The van der Waals surface area contributed by atoms with E-state index in [2.05, 4.69) is 38.7 Å². The minimum Gasteiger partial charge on any atom is -0.489 e. The molecule has 0 aliphatic heterocycles. The topological polar surface area (TPSA) is 21.3 Å². The summed E-state index contributed by atoms with van der Waals surface area (Å²) < 4.78 is 5.78. The molecular formula is C15H23NO. The quantitative estimate of drug-likeness (QED) is 0.727. The van der Waals surface area contributed by atoms with E-state index in [4.69, 9.17) is 4.74 Å². The van der Waals surface area contributed by atoms with Crippen LogP contribution in [0.25, 0.3) is 0 Å². The van der Waals surface area contributed by atoms with Crippen molar-refractivity contribution in [3.8, 4) is 5.75 Å². The van der Waals surface area contributed by atoms with Gasteiger partial charge in [0.05, 0.1) is 0 Å². The molecule has 0 bridgehead atoms. The Morgan fingerprint density at radius 2 is 2.06 bits per heavy atom. The molecule has 0 aliphatic carbocycles. The van der Waals surface area contributed by atoms with E-state index in [9.17, 15) is 0 Å². The van der Waals surface area contributed by atoms with Crippen LogP contribution in [0.1, 0.15) is 32.8 Å². The Labute approximate surface area is 105 Å².